The lowest BCUT2D eigenvalue weighted by Crippen LogP contribution is -2.53. The van der Waals surface area contributed by atoms with E-state index in [2.05, 4.69) is 10.3 Å². The van der Waals surface area contributed by atoms with Crippen LogP contribution in [0, 0.1) is 5.92 Å². The lowest BCUT2D eigenvalue weighted by molar-refractivity contribution is -0.138. The number of amides is 2. The minimum atomic E-state index is -3.81. The summed E-state index contributed by atoms with van der Waals surface area (Å²) in [6.45, 7) is -0.0266. The number of carbonyl (C=O) groups is 3. The van der Waals surface area contributed by atoms with Gasteiger partial charge in [-0.2, -0.15) is 4.31 Å². The lowest BCUT2D eigenvalue weighted by atomic mass is 10.1. The number of carbonyl (C=O) groups excluding carboxylic acids is 3. The Morgan fingerprint density at radius 3 is 2.76 bits per heavy atom. The normalized spacial score (nSPS) is 22.5. The molecule has 3 fully saturated rings. The van der Waals surface area contributed by atoms with Gasteiger partial charge >= 0.3 is 6.09 Å². The number of ether oxygens (including phenoxy) is 1. The van der Waals surface area contributed by atoms with Crippen LogP contribution in [0.2, 0.25) is 0 Å². The van der Waals surface area contributed by atoms with Gasteiger partial charge in [-0.25, -0.2) is 13.2 Å². The van der Waals surface area contributed by atoms with Crippen molar-refractivity contribution in [1.29, 1.82) is 0 Å². The minimum Gasteiger partial charge on any atom is -0.399 e. The largest absolute Gasteiger partial charge is 0.414 e. The zero-order valence-electron chi connectivity index (χ0n) is 20.3. The molecule has 1 aliphatic carbocycles. The number of ketones is 1. The highest BCUT2D eigenvalue weighted by atomic mass is 32.2. The Balaban J connectivity index is 1.15. The molecule has 0 aromatic carbocycles. The number of rotatable bonds is 8. The van der Waals surface area contributed by atoms with Crippen molar-refractivity contribution in [2.75, 3.05) is 13.1 Å². The predicted molar refractivity (Wildman–Crippen MR) is 142 cm³/mol. The number of hydrogen-bond acceptors (Lipinski definition) is 9. The third-order valence-corrected chi connectivity index (χ3v) is 11.0. The molecule has 6 rings (SSSR count). The summed E-state index contributed by atoms with van der Waals surface area (Å²) in [5.74, 6) is -0.664. The van der Waals surface area contributed by atoms with Gasteiger partial charge in [-0.05, 0) is 42.3 Å². The second-order valence-electron chi connectivity index (χ2n) is 9.90. The molecular formula is C25H26N4O6S3. The number of thiophene rings is 2. The molecule has 200 valence electrons. The summed E-state index contributed by atoms with van der Waals surface area (Å²) in [6, 6.07) is 6.48. The van der Waals surface area contributed by atoms with Crippen LogP contribution in [-0.4, -0.2) is 71.6 Å². The first kappa shape index (κ1) is 25.4. The van der Waals surface area contributed by atoms with Gasteiger partial charge in [0, 0.05) is 28.2 Å². The summed E-state index contributed by atoms with van der Waals surface area (Å²) in [5.41, 5.74) is 0.395. The first-order chi connectivity index (χ1) is 18.3. The molecule has 0 spiro atoms. The highest BCUT2D eigenvalue weighted by Gasteiger charge is 2.54. The highest BCUT2D eigenvalue weighted by Crippen LogP contribution is 2.37. The molecule has 10 nitrogen and oxygen atoms in total. The van der Waals surface area contributed by atoms with Gasteiger partial charge in [0.2, 0.25) is 15.9 Å². The van der Waals surface area contributed by atoms with Crippen molar-refractivity contribution in [3.8, 4) is 5.06 Å². The van der Waals surface area contributed by atoms with Crippen molar-refractivity contribution >= 4 is 59.9 Å². The van der Waals surface area contributed by atoms with Crippen molar-refractivity contribution < 1.29 is 27.5 Å². The topological polar surface area (TPSA) is 126 Å². The van der Waals surface area contributed by atoms with Crippen LogP contribution >= 0.6 is 22.7 Å². The molecule has 0 radical (unpaired) electrons. The van der Waals surface area contributed by atoms with E-state index < -0.39 is 34.2 Å². The summed E-state index contributed by atoms with van der Waals surface area (Å²) in [7, 11) is -3.81. The standard InChI is InChI=1S/C25H26N4O6S3/c30-19-13-29(38(33,34)14-16-3-1-2-8-26-16)18-6-9-28(23(18)19)24(31)17(11-15-4-5-15)27-25(32)35-22-12-21-20(37-22)7-10-36-21/h1-3,7-8,10,12,15,17-18,23H,4-6,9,11,13-14H2,(H,27,32). The summed E-state index contributed by atoms with van der Waals surface area (Å²) in [6.07, 6.45) is 3.58. The second-order valence-corrected chi connectivity index (χ2v) is 13.8. The summed E-state index contributed by atoms with van der Waals surface area (Å²) >= 11 is 2.91. The summed E-state index contributed by atoms with van der Waals surface area (Å²) in [4.78, 5) is 45.0. The predicted octanol–water partition coefficient (Wildman–Crippen LogP) is 3.00. The van der Waals surface area contributed by atoms with Crippen LogP contribution in [0.4, 0.5) is 4.79 Å². The molecule has 3 atom stereocenters. The van der Waals surface area contributed by atoms with Gasteiger partial charge < -0.3 is 15.0 Å². The Hall–Kier alpha value is -2.87. The Kier molecular flexibility index (Phi) is 6.70. The number of Topliss-reactive ketones (excluding diaryl/α,β-unsaturated/α-hetero) is 1. The van der Waals surface area contributed by atoms with E-state index in [4.69, 9.17) is 4.74 Å². The average molecular weight is 575 g/mol. The fourth-order valence-electron chi connectivity index (χ4n) is 5.30. The van der Waals surface area contributed by atoms with Crippen LogP contribution in [0.5, 0.6) is 5.06 Å². The fourth-order valence-corrected chi connectivity index (χ4v) is 8.92. The molecule has 38 heavy (non-hydrogen) atoms. The zero-order chi connectivity index (χ0) is 26.4. The molecule has 0 bridgehead atoms. The SMILES string of the molecule is O=C(NC(CC1CC1)C(=O)N1CCC2C1C(=O)CN2S(=O)(=O)Cc1ccccn1)Oc1cc2sccc2s1. The Morgan fingerprint density at radius 2 is 2.03 bits per heavy atom. The monoisotopic (exact) mass is 574 g/mol. The van der Waals surface area contributed by atoms with Crippen molar-refractivity contribution in [1.82, 2.24) is 19.5 Å². The molecule has 2 saturated heterocycles. The maximum atomic E-state index is 13.7. The first-order valence-electron chi connectivity index (χ1n) is 12.5. The van der Waals surface area contributed by atoms with E-state index in [0.717, 1.165) is 22.2 Å². The van der Waals surface area contributed by atoms with Crippen LogP contribution in [0.3, 0.4) is 0 Å². The molecule has 5 heterocycles. The van der Waals surface area contributed by atoms with Gasteiger partial charge in [0.05, 0.1) is 18.3 Å². The first-order valence-corrected chi connectivity index (χ1v) is 15.8. The molecule has 3 unspecified atom stereocenters. The fraction of sp³-hybridized carbons (Fsp3) is 0.440. The van der Waals surface area contributed by atoms with E-state index in [-0.39, 0.29) is 30.5 Å². The third kappa shape index (κ3) is 5.07. The third-order valence-electron chi connectivity index (χ3n) is 7.24. The quantitative estimate of drug-likeness (QED) is 0.438. The van der Waals surface area contributed by atoms with Crippen molar-refractivity contribution in [2.45, 2.75) is 49.6 Å². The lowest BCUT2D eigenvalue weighted by Gasteiger charge is -2.28. The molecule has 3 aliphatic rings. The number of sulfonamides is 1. The van der Waals surface area contributed by atoms with Gasteiger partial charge in [-0.3, -0.25) is 14.6 Å². The highest BCUT2D eigenvalue weighted by molar-refractivity contribution is 7.88. The van der Waals surface area contributed by atoms with E-state index in [9.17, 15) is 22.8 Å². The van der Waals surface area contributed by atoms with Gasteiger partial charge in [0.15, 0.2) is 10.8 Å². The Morgan fingerprint density at radius 1 is 1.18 bits per heavy atom. The summed E-state index contributed by atoms with van der Waals surface area (Å²) < 4.78 is 35.1. The molecule has 3 aromatic rings. The van der Waals surface area contributed by atoms with Gasteiger partial charge in [-0.1, -0.05) is 30.2 Å². The van der Waals surface area contributed by atoms with Crippen molar-refractivity contribution in [2.24, 2.45) is 5.92 Å². The Bertz CT molecular complexity index is 1450. The maximum Gasteiger partial charge on any atom is 0.414 e. The van der Waals surface area contributed by atoms with Crippen molar-refractivity contribution in [3.63, 3.8) is 0 Å². The molecular weight excluding hydrogens is 548 g/mol. The van der Waals surface area contributed by atoms with Gasteiger partial charge in [0.1, 0.15) is 17.8 Å². The van der Waals surface area contributed by atoms with E-state index >= 15 is 0 Å². The molecule has 2 amide bonds. The van der Waals surface area contributed by atoms with Gasteiger partial charge in [-0.15, -0.1) is 11.3 Å². The number of nitrogens with one attached hydrogen (secondary N) is 1. The average Bonchev–Trinajstić information content (AvgIpc) is 3.19. The van der Waals surface area contributed by atoms with Crippen molar-refractivity contribution in [3.05, 3.63) is 47.6 Å². The zero-order valence-corrected chi connectivity index (χ0v) is 22.8. The van der Waals surface area contributed by atoms with E-state index in [1.807, 2.05) is 11.4 Å². The number of pyridine rings is 1. The van der Waals surface area contributed by atoms with E-state index in [0.29, 0.717) is 29.5 Å². The van der Waals surface area contributed by atoms with Crippen LogP contribution in [-0.2, 0) is 25.4 Å². The molecule has 1 saturated carbocycles. The minimum absolute atomic E-state index is 0.245. The molecule has 2 aliphatic heterocycles. The number of likely N-dealkylation sites (tertiary alicyclic amines) is 1. The maximum absolute atomic E-state index is 13.7. The van der Waals surface area contributed by atoms with Crippen LogP contribution in [0.1, 0.15) is 31.4 Å². The van der Waals surface area contributed by atoms with Crippen LogP contribution in [0.25, 0.3) is 9.40 Å². The number of fused-ring (bicyclic) bond motifs is 2. The number of nitrogens with zero attached hydrogens (tertiary/aromatic N) is 3. The molecule has 1 N–H and O–H groups in total. The molecule has 13 heteroatoms. The second kappa shape index (κ2) is 10.0. The number of aromatic nitrogens is 1. The van der Waals surface area contributed by atoms with Gasteiger partial charge in [0.25, 0.3) is 0 Å². The Labute approximate surface area is 227 Å². The van der Waals surface area contributed by atoms with E-state index in [1.54, 1.807) is 35.6 Å². The van der Waals surface area contributed by atoms with E-state index in [1.165, 1.54) is 26.7 Å². The summed E-state index contributed by atoms with van der Waals surface area (Å²) in [5, 5.41) is 5.14. The number of hydrogen-bond donors (Lipinski definition) is 1. The molecule has 3 aromatic heterocycles. The van der Waals surface area contributed by atoms with Crippen LogP contribution < -0.4 is 10.1 Å². The van der Waals surface area contributed by atoms with Crippen LogP contribution in [0.15, 0.2) is 41.9 Å². The smallest absolute Gasteiger partial charge is 0.399 e.